The van der Waals surface area contributed by atoms with Gasteiger partial charge in [-0.2, -0.15) is 0 Å². The van der Waals surface area contributed by atoms with Crippen LogP contribution >= 0.6 is 0 Å². The van der Waals surface area contributed by atoms with Crippen LogP contribution in [0.15, 0.2) is 33.1 Å². The van der Waals surface area contributed by atoms with Crippen molar-refractivity contribution in [3.05, 3.63) is 46.5 Å². The predicted molar refractivity (Wildman–Crippen MR) is 168 cm³/mol. The molecule has 2 saturated carbocycles. The highest BCUT2D eigenvalue weighted by molar-refractivity contribution is 6.13. The van der Waals surface area contributed by atoms with Gasteiger partial charge in [-0.25, -0.2) is 19.2 Å². The Morgan fingerprint density at radius 2 is 0.870 bits per heavy atom. The monoisotopic (exact) mass is 636 g/mol. The molecule has 0 radical (unpaired) electrons. The number of ether oxygens (including phenoxy) is 4. The van der Waals surface area contributed by atoms with Crippen LogP contribution in [0.2, 0.25) is 0 Å². The molecule has 12 nitrogen and oxygen atoms in total. The normalized spacial score (nSPS) is 15.6. The zero-order valence-corrected chi connectivity index (χ0v) is 26.6. The molecular formula is C34H40N2O10. The molecule has 2 aliphatic rings. The lowest BCUT2D eigenvalue weighted by molar-refractivity contribution is 0.0557. The molecule has 0 aliphatic heterocycles. The summed E-state index contributed by atoms with van der Waals surface area (Å²) in [6.45, 7) is 0. The molecule has 5 rings (SSSR count). The van der Waals surface area contributed by atoms with Crippen LogP contribution in [0.5, 0.6) is 0 Å². The van der Waals surface area contributed by atoms with E-state index in [0.717, 1.165) is 64.2 Å². The van der Waals surface area contributed by atoms with E-state index in [1.165, 1.54) is 28.4 Å². The highest BCUT2D eigenvalue weighted by Gasteiger charge is 2.38. The summed E-state index contributed by atoms with van der Waals surface area (Å²) < 4.78 is 33.0. The van der Waals surface area contributed by atoms with Gasteiger partial charge in [0.2, 0.25) is 11.8 Å². The van der Waals surface area contributed by atoms with Crippen molar-refractivity contribution in [1.82, 2.24) is 0 Å². The molecule has 2 fully saturated rings. The summed E-state index contributed by atoms with van der Waals surface area (Å²) in [7, 11) is 4.84. The van der Waals surface area contributed by atoms with E-state index in [2.05, 4.69) is 10.6 Å². The Kier molecular flexibility index (Phi) is 10.3. The van der Waals surface area contributed by atoms with Crippen LogP contribution in [0.3, 0.4) is 0 Å². The Balaban J connectivity index is 1.73. The molecular weight excluding hydrogens is 596 g/mol. The van der Waals surface area contributed by atoms with Crippen molar-refractivity contribution in [3.8, 4) is 22.6 Å². The predicted octanol–water partition coefficient (Wildman–Crippen LogP) is 6.84. The second-order valence-electron chi connectivity index (χ2n) is 11.5. The summed E-state index contributed by atoms with van der Waals surface area (Å²) >= 11 is 0. The van der Waals surface area contributed by atoms with Gasteiger partial charge in [0.25, 0.3) is 0 Å². The molecule has 1 aromatic carbocycles. The number of nitrogens with one attached hydrogen (secondary N) is 2. The summed E-state index contributed by atoms with van der Waals surface area (Å²) in [4.78, 5) is 53.0. The number of carbonyl (C=O) groups is 4. The van der Waals surface area contributed by atoms with E-state index in [1.54, 1.807) is 24.3 Å². The smallest absolute Gasteiger partial charge is 0.344 e. The third-order valence-corrected chi connectivity index (χ3v) is 8.67. The van der Waals surface area contributed by atoms with Crippen LogP contribution in [0.1, 0.15) is 106 Å². The van der Waals surface area contributed by atoms with Gasteiger partial charge in [0, 0.05) is 23.2 Å². The number of rotatable bonds is 10. The average molecular weight is 637 g/mol. The second kappa shape index (κ2) is 14.6. The van der Waals surface area contributed by atoms with Gasteiger partial charge < -0.3 is 38.4 Å². The summed E-state index contributed by atoms with van der Waals surface area (Å²) in [6, 6.07) is 6.76. The Labute approximate surface area is 267 Å². The summed E-state index contributed by atoms with van der Waals surface area (Å²) in [5.41, 5.74) is 0.0770. The van der Waals surface area contributed by atoms with Gasteiger partial charge in [0.05, 0.1) is 28.4 Å². The zero-order valence-electron chi connectivity index (χ0n) is 26.6. The largest absolute Gasteiger partial charge is 0.465 e. The van der Waals surface area contributed by atoms with Crippen molar-refractivity contribution in [2.24, 2.45) is 0 Å². The number of hydrogen-bond acceptors (Lipinski definition) is 12. The maximum atomic E-state index is 13.3. The first-order chi connectivity index (χ1) is 22.3. The summed E-state index contributed by atoms with van der Waals surface area (Å²) in [5.74, 6) is -3.08. The van der Waals surface area contributed by atoms with Crippen LogP contribution < -0.4 is 10.6 Å². The fourth-order valence-corrected chi connectivity index (χ4v) is 6.38. The van der Waals surface area contributed by atoms with Crippen LogP contribution in [-0.2, 0) is 18.9 Å². The van der Waals surface area contributed by atoms with Gasteiger partial charge in [-0.05, 0) is 25.7 Å². The number of furan rings is 2. The minimum atomic E-state index is -0.826. The lowest BCUT2D eigenvalue weighted by atomic mass is 9.94. The van der Waals surface area contributed by atoms with Gasteiger partial charge in [-0.1, -0.05) is 62.8 Å². The van der Waals surface area contributed by atoms with Crippen LogP contribution in [-0.4, -0.2) is 64.4 Å². The van der Waals surface area contributed by atoms with Gasteiger partial charge in [0.1, 0.15) is 22.3 Å². The minimum Gasteiger partial charge on any atom is -0.465 e. The molecule has 46 heavy (non-hydrogen) atoms. The van der Waals surface area contributed by atoms with Crippen molar-refractivity contribution >= 4 is 35.6 Å². The van der Waals surface area contributed by atoms with Crippen molar-refractivity contribution < 1.29 is 47.0 Å². The van der Waals surface area contributed by atoms with Crippen LogP contribution in [0.4, 0.5) is 11.8 Å². The van der Waals surface area contributed by atoms with E-state index < -0.39 is 23.9 Å². The summed E-state index contributed by atoms with van der Waals surface area (Å²) in [5, 5.41) is 6.62. The fraction of sp³-hybridized carbons (Fsp3) is 0.471. The molecule has 0 atom stereocenters. The Hall–Kier alpha value is -4.74. The maximum Gasteiger partial charge on any atom is 0.344 e. The first-order valence-electron chi connectivity index (χ1n) is 15.6. The van der Waals surface area contributed by atoms with Crippen LogP contribution in [0, 0.1) is 0 Å². The van der Waals surface area contributed by atoms with Crippen molar-refractivity contribution in [2.75, 3.05) is 39.1 Å². The topological polar surface area (TPSA) is 156 Å². The van der Waals surface area contributed by atoms with Crippen molar-refractivity contribution in [2.45, 2.75) is 76.3 Å². The standard InChI is InChI=1S/C34H40N2O10/c1-41-31(37)23-25(33(39)43-3)29(35-19-13-7-5-8-14-19)45-27(23)21-17-11-12-18-22(21)28-24(32(38)42-2)26(34(40)44-4)30(46-28)36-20-15-9-6-10-16-20/h11-12,17-20,35-36H,5-10,13-16H2,1-4H3. The van der Waals surface area contributed by atoms with E-state index in [9.17, 15) is 19.2 Å². The summed E-state index contributed by atoms with van der Waals surface area (Å²) in [6.07, 6.45) is 9.74. The third-order valence-electron chi connectivity index (χ3n) is 8.67. The number of esters is 4. The van der Waals surface area contributed by atoms with Gasteiger partial charge >= 0.3 is 23.9 Å². The molecule has 0 saturated heterocycles. The molecule has 0 unspecified atom stereocenters. The van der Waals surface area contributed by atoms with Gasteiger partial charge in [0.15, 0.2) is 11.5 Å². The molecule has 2 aromatic heterocycles. The van der Waals surface area contributed by atoms with Gasteiger partial charge in [-0.3, -0.25) is 0 Å². The highest BCUT2D eigenvalue weighted by Crippen LogP contribution is 2.45. The number of anilines is 2. The minimum absolute atomic E-state index is 0.00483. The van der Waals surface area contributed by atoms with E-state index in [0.29, 0.717) is 11.1 Å². The van der Waals surface area contributed by atoms with Crippen molar-refractivity contribution in [3.63, 3.8) is 0 Å². The van der Waals surface area contributed by atoms with E-state index in [4.69, 9.17) is 27.8 Å². The Morgan fingerprint density at radius 3 is 1.20 bits per heavy atom. The number of carbonyl (C=O) groups excluding carboxylic acids is 4. The molecule has 2 N–H and O–H groups in total. The Morgan fingerprint density at radius 1 is 0.543 bits per heavy atom. The van der Waals surface area contributed by atoms with E-state index in [1.807, 2.05) is 0 Å². The number of methoxy groups -OCH3 is 4. The molecule has 2 heterocycles. The fourth-order valence-electron chi connectivity index (χ4n) is 6.38. The lowest BCUT2D eigenvalue weighted by Gasteiger charge is -2.22. The number of hydrogen-bond donors (Lipinski definition) is 2. The maximum absolute atomic E-state index is 13.3. The molecule has 2 aliphatic carbocycles. The average Bonchev–Trinajstić information content (AvgIpc) is 3.66. The van der Waals surface area contributed by atoms with Gasteiger partial charge in [-0.15, -0.1) is 0 Å². The van der Waals surface area contributed by atoms with E-state index >= 15 is 0 Å². The van der Waals surface area contributed by atoms with E-state index in [-0.39, 0.29) is 57.6 Å². The molecule has 0 amide bonds. The van der Waals surface area contributed by atoms with Crippen LogP contribution in [0.25, 0.3) is 22.6 Å². The number of benzene rings is 1. The molecule has 0 spiro atoms. The molecule has 246 valence electrons. The highest BCUT2D eigenvalue weighted by atomic mass is 16.5. The quantitative estimate of drug-likeness (QED) is 0.177. The Bertz CT molecular complexity index is 1470. The second-order valence-corrected chi connectivity index (χ2v) is 11.5. The zero-order chi connectivity index (χ0) is 32.8. The van der Waals surface area contributed by atoms with Crippen molar-refractivity contribution in [1.29, 1.82) is 0 Å². The third kappa shape index (κ3) is 6.47. The first kappa shape index (κ1) is 32.6. The molecule has 3 aromatic rings. The lowest BCUT2D eigenvalue weighted by Crippen LogP contribution is -2.23. The first-order valence-corrected chi connectivity index (χ1v) is 15.6. The SMILES string of the molecule is COC(=O)c1c(NC2CCCCC2)oc(-c2ccccc2-c2oc(NC3CCCCC3)c(C(=O)OC)c2C(=O)OC)c1C(=O)OC. The molecule has 0 bridgehead atoms. The molecule has 12 heteroatoms.